The van der Waals surface area contributed by atoms with Crippen LogP contribution < -0.4 is 5.32 Å². The van der Waals surface area contributed by atoms with Gasteiger partial charge in [0.05, 0.1) is 18.7 Å². The molecule has 1 aliphatic rings. The molecule has 0 saturated carbocycles. The van der Waals surface area contributed by atoms with Crippen LogP contribution in [0, 0.1) is 6.92 Å². The quantitative estimate of drug-likeness (QED) is 0.612. The third-order valence-corrected chi connectivity index (χ3v) is 6.07. The van der Waals surface area contributed by atoms with Gasteiger partial charge in [-0.15, -0.1) is 0 Å². The smallest absolute Gasteiger partial charge is 0.416 e. The summed E-state index contributed by atoms with van der Waals surface area (Å²) in [5.41, 5.74) is 1.81. The normalized spacial score (nSPS) is 14.7. The fourth-order valence-corrected chi connectivity index (χ4v) is 4.15. The number of hydrogen-bond donors (Lipinski definition) is 2. The van der Waals surface area contributed by atoms with Crippen molar-refractivity contribution in [3.8, 4) is 0 Å². The maximum atomic E-state index is 13.1. The number of halogens is 3. The second-order valence-corrected chi connectivity index (χ2v) is 8.83. The Bertz CT molecular complexity index is 1080. The molecule has 1 saturated heterocycles. The van der Waals surface area contributed by atoms with Crippen LogP contribution in [0.2, 0.25) is 0 Å². The predicted octanol–water partition coefficient (Wildman–Crippen LogP) is 3.99. The van der Waals surface area contributed by atoms with Gasteiger partial charge in [-0.05, 0) is 68.1 Å². The summed E-state index contributed by atoms with van der Waals surface area (Å²) in [5.74, 6) is -1.53. The van der Waals surface area contributed by atoms with Gasteiger partial charge in [0, 0.05) is 24.3 Å². The molecule has 0 aliphatic carbocycles. The van der Waals surface area contributed by atoms with E-state index in [1.807, 2.05) is 0 Å². The highest BCUT2D eigenvalue weighted by molar-refractivity contribution is 5.98. The van der Waals surface area contributed by atoms with Gasteiger partial charge in [-0.3, -0.25) is 19.3 Å². The Balaban J connectivity index is 1.60. The van der Waals surface area contributed by atoms with Gasteiger partial charge in [0.1, 0.15) is 0 Å². The zero-order valence-corrected chi connectivity index (χ0v) is 19.6. The van der Waals surface area contributed by atoms with Gasteiger partial charge in [-0.2, -0.15) is 13.2 Å². The van der Waals surface area contributed by atoms with Gasteiger partial charge in [0.25, 0.3) is 5.91 Å². The highest BCUT2D eigenvalue weighted by Gasteiger charge is 2.31. The van der Waals surface area contributed by atoms with Gasteiger partial charge in [-0.1, -0.05) is 18.2 Å². The van der Waals surface area contributed by atoms with Crippen LogP contribution in [0.3, 0.4) is 0 Å². The molecule has 2 aromatic carbocycles. The number of benzene rings is 2. The number of piperidine rings is 1. The van der Waals surface area contributed by atoms with E-state index in [4.69, 9.17) is 5.11 Å². The van der Waals surface area contributed by atoms with Crippen molar-refractivity contribution in [2.75, 3.05) is 38.5 Å². The molecule has 1 aliphatic heterocycles. The second kappa shape index (κ2) is 10.9. The number of nitrogens with zero attached hydrogens (tertiary/aromatic N) is 2. The monoisotopic (exact) mass is 491 g/mol. The van der Waals surface area contributed by atoms with Crippen molar-refractivity contribution >= 4 is 23.5 Å². The fourth-order valence-electron chi connectivity index (χ4n) is 4.15. The van der Waals surface area contributed by atoms with E-state index < -0.39 is 17.7 Å². The summed E-state index contributed by atoms with van der Waals surface area (Å²) in [5, 5.41) is 11.5. The summed E-state index contributed by atoms with van der Waals surface area (Å²) >= 11 is 0. The minimum Gasteiger partial charge on any atom is -0.480 e. The van der Waals surface area contributed by atoms with Crippen molar-refractivity contribution in [3.05, 3.63) is 64.7 Å². The fraction of sp³-hybridized carbons (Fsp3) is 0.400. The van der Waals surface area contributed by atoms with Crippen molar-refractivity contribution in [1.82, 2.24) is 9.80 Å². The number of carboxylic acids is 1. The van der Waals surface area contributed by atoms with E-state index in [1.165, 1.54) is 24.1 Å². The van der Waals surface area contributed by atoms with Crippen molar-refractivity contribution in [2.45, 2.75) is 31.9 Å². The highest BCUT2D eigenvalue weighted by Crippen LogP contribution is 2.33. The van der Waals surface area contributed by atoms with Crippen LogP contribution in [0.4, 0.5) is 18.9 Å². The SMILES string of the molecule is Cc1ccc(C(=O)N2CCC(c3ccc(C(F)(F)F)cc3)CC2)cc1NC(=O)CN(C)CC(=O)O. The van der Waals surface area contributed by atoms with E-state index in [-0.39, 0.29) is 30.8 Å². The predicted molar refractivity (Wildman–Crippen MR) is 124 cm³/mol. The van der Waals surface area contributed by atoms with E-state index in [2.05, 4.69) is 5.32 Å². The molecule has 2 N–H and O–H groups in total. The average molecular weight is 492 g/mol. The van der Waals surface area contributed by atoms with E-state index in [0.717, 1.165) is 23.3 Å². The minimum atomic E-state index is -4.37. The maximum absolute atomic E-state index is 13.1. The Morgan fingerprint density at radius 2 is 1.69 bits per heavy atom. The van der Waals surface area contributed by atoms with Crippen LogP contribution in [0.5, 0.6) is 0 Å². The van der Waals surface area contributed by atoms with Crippen LogP contribution in [0.1, 0.15) is 45.8 Å². The van der Waals surface area contributed by atoms with Crippen LogP contribution in [-0.2, 0) is 15.8 Å². The van der Waals surface area contributed by atoms with Crippen LogP contribution in [-0.4, -0.2) is 65.9 Å². The lowest BCUT2D eigenvalue weighted by Crippen LogP contribution is -2.38. The minimum absolute atomic E-state index is 0.0805. The zero-order chi connectivity index (χ0) is 25.8. The Hall–Kier alpha value is -3.40. The molecule has 188 valence electrons. The standard InChI is InChI=1S/C25H28F3N3O4/c1-16-3-4-19(13-21(16)29-22(32)14-30(2)15-23(33)34)24(35)31-11-9-18(10-12-31)17-5-7-20(8-6-17)25(26,27)28/h3-8,13,18H,9-12,14-15H2,1-2H3,(H,29,32)(H,33,34). The Labute approximate surface area is 201 Å². The Morgan fingerprint density at radius 1 is 1.06 bits per heavy atom. The summed E-state index contributed by atoms with van der Waals surface area (Å²) in [6.45, 7) is 2.36. The number of amides is 2. The van der Waals surface area contributed by atoms with Gasteiger partial charge >= 0.3 is 12.1 Å². The molecule has 0 aromatic heterocycles. The molecule has 35 heavy (non-hydrogen) atoms. The first-order valence-electron chi connectivity index (χ1n) is 11.2. The molecule has 0 spiro atoms. The third-order valence-electron chi connectivity index (χ3n) is 6.07. The average Bonchev–Trinajstić information content (AvgIpc) is 2.79. The molecule has 0 unspecified atom stereocenters. The van der Waals surface area contributed by atoms with E-state index in [0.29, 0.717) is 37.2 Å². The van der Waals surface area contributed by atoms with Crippen molar-refractivity contribution in [1.29, 1.82) is 0 Å². The number of hydrogen-bond acceptors (Lipinski definition) is 4. The molecule has 2 aromatic rings. The van der Waals surface area contributed by atoms with E-state index in [9.17, 15) is 27.6 Å². The van der Waals surface area contributed by atoms with Gasteiger partial charge in [-0.25, -0.2) is 0 Å². The lowest BCUT2D eigenvalue weighted by atomic mass is 9.88. The Morgan fingerprint density at radius 3 is 2.26 bits per heavy atom. The lowest BCUT2D eigenvalue weighted by molar-refractivity contribution is -0.138. The van der Waals surface area contributed by atoms with Gasteiger partial charge in [0.2, 0.25) is 5.91 Å². The first-order valence-corrected chi connectivity index (χ1v) is 11.2. The number of alkyl halides is 3. The number of aryl methyl sites for hydroxylation is 1. The molecule has 2 amide bonds. The highest BCUT2D eigenvalue weighted by atomic mass is 19.4. The van der Waals surface area contributed by atoms with Crippen LogP contribution in [0.25, 0.3) is 0 Å². The number of anilines is 1. The summed E-state index contributed by atoms with van der Waals surface area (Å²) < 4.78 is 38.4. The molecule has 1 fully saturated rings. The van der Waals surface area contributed by atoms with E-state index >= 15 is 0 Å². The largest absolute Gasteiger partial charge is 0.480 e. The molecule has 7 nitrogen and oxygen atoms in total. The number of likely N-dealkylation sites (tertiary alicyclic amines) is 1. The number of rotatable bonds is 7. The van der Waals surface area contributed by atoms with E-state index in [1.54, 1.807) is 30.0 Å². The van der Waals surface area contributed by atoms with Crippen LogP contribution >= 0.6 is 0 Å². The molecule has 0 atom stereocenters. The molecular weight excluding hydrogens is 463 g/mol. The van der Waals surface area contributed by atoms with Gasteiger partial charge < -0.3 is 15.3 Å². The number of carbonyl (C=O) groups is 3. The maximum Gasteiger partial charge on any atom is 0.416 e. The molecule has 10 heteroatoms. The topological polar surface area (TPSA) is 90.0 Å². The number of aliphatic carboxylic acids is 1. The first-order chi connectivity index (χ1) is 16.4. The molecule has 3 rings (SSSR count). The summed E-state index contributed by atoms with van der Waals surface area (Å²) in [6, 6.07) is 10.2. The number of carboxylic acid groups (broad SMARTS) is 1. The molecule has 0 radical (unpaired) electrons. The second-order valence-electron chi connectivity index (χ2n) is 8.83. The number of nitrogens with one attached hydrogen (secondary N) is 1. The summed E-state index contributed by atoms with van der Waals surface area (Å²) in [4.78, 5) is 39.2. The van der Waals surface area contributed by atoms with Crippen molar-refractivity contribution < 1.29 is 32.7 Å². The van der Waals surface area contributed by atoms with Crippen LogP contribution in [0.15, 0.2) is 42.5 Å². The molecule has 0 bridgehead atoms. The third kappa shape index (κ3) is 7.05. The van der Waals surface area contributed by atoms with Gasteiger partial charge in [0.15, 0.2) is 0 Å². The summed E-state index contributed by atoms with van der Waals surface area (Å²) in [6.07, 6.45) is -3.08. The number of carbonyl (C=O) groups excluding carboxylic acids is 2. The summed E-state index contributed by atoms with van der Waals surface area (Å²) in [7, 11) is 1.52. The Kier molecular flexibility index (Phi) is 8.16. The zero-order valence-electron chi connectivity index (χ0n) is 19.6. The first kappa shape index (κ1) is 26.2. The number of likely N-dealkylation sites (N-methyl/N-ethyl adjacent to an activating group) is 1. The lowest BCUT2D eigenvalue weighted by Gasteiger charge is -2.32. The molecular formula is C25H28F3N3O4. The van der Waals surface area contributed by atoms with Crippen molar-refractivity contribution in [3.63, 3.8) is 0 Å². The van der Waals surface area contributed by atoms with Crippen molar-refractivity contribution in [2.24, 2.45) is 0 Å². The molecule has 1 heterocycles.